The van der Waals surface area contributed by atoms with Gasteiger partial charge in [-0.25, -0.2) is 5.01 Å². The van der Waals surface area contributed by atoms with Gasteiger partial charge in [-0.2, -0.15) is 5.10 Å². The van der Waals surface area contributed by atoms with Crippen LogP contribution in [0.3, 0.4) is 0 Å². The highest BCUT2D eigenvalue weighted by molar-refractivity contribution is 6.06. The molecule has 27 heavy (non-hydrogen) atoms. The molecule has 0 spiro atoms. The minimum atomic E-state index is 0.0688. The second-order valence-corrected chi connectivity index (χ2v) is 6.31. The largest absolute Gasteiger partial charge is 0.508 e. The van der Waals surface area contributed by atoms with E-state index in [2.05, 4.69) is 0 Å². The molecule has 3 N–H and O–H groups in total. The normalized spacial score (nSPS) is 14.1. The molecule has 0 bridgehead atoms. The maximum atomic E-state index is 10.3. The molecule has 1 heterocycles. The van der Waals surface area contributed by atoms with Crippen molar-refractivity contribution in [2.24, 2.45) is 5.10 Å². The van der Waals surface area contributed by atoms with E-state index in [1.54, 1.807) is 17.1 Å². The molecule has 0 radical (unpaired) electrons. The summed E-state index contributed by atoms with van der Waals surface area (Å²) in [5.74, 6) is 0.284. The van der Waals surface area contributed by atoms with Gasteiger partial charge in [-0.15, -0.1) is 0 Å². The third-order valence-corrected chi connectivity index (χ3v) is 4.46. The summed E-state index contributed by atoms with van der Waals surface area (Å²) in [5, 5.41) is 36.9. The molecule has 4 rings (SSSR count). The molecule has 3 aromatic carbocycles. The minimum Gasteiger partial charge on any atom is -0.508 e. The summed E-state index contributed by atoms with van der Waals surface area (Å²) in [6, 6.07) is 21.1. The molecule has 3 aromatic rings. The molecule has 6 heteroatoms. The maximum absolute atomic E-state index is 10.3. The number of phenolic OH excluding ortho intramolecular Hbond substituents is 3. The van der Waals surface area contributed by atoms with Gasteiger partial charge in [0.25, 0.3) is 0 Å². The Bertz CT molecular complexity index is 989. The van der Waals surface area contributed by atoms with Crippen LogP contribution in [0.15, 0.2) is 77.9 Å². The Morgan fingerprint density at radius 1 is 0.778 bits per heavy atom. The van der Waals surface area contributed by atoms with Gasteiger partial charge < -0.3 is 20.2 Å². The third kappa shape index (κ3) is 3.37. The highest BCUT2D eigenvalue weighted by Gasteiger charge is 2.25. The fourth-order valence-corrected chi connectivity index (χ4v) is 3.12. The van der Waals surface area contributed by atoms with Crippen molar-refractivity contribution in [1.29, 1.82) is 0 Å². The lowest BCUT2D eigenvalue weighted by Crippen LogP contribution is -2.44. The van der Waals surface area contributed by atoms with Crippen LogP contribution in [0.1, 0.15) is 5.56 Å². The molecule has 136 valence electrons. The van der Waals surface area contributed by atoms with Crippen LogP contribution in [0.4, 0.5) is 11.4 Å². The van der Waals surface area contributed by atoms with Crippen LogP contribution in [0.5, 0.6) is 17.2 Å². The van der Waals surface area contributed by atoms with Crippen molar-refractivity contribution in [3.8, 4) is 17.2 Å². The molecule has 1 aliphatic rings. The summed E-state index contributed by atoms with van der Waals surface area (Å²) in [6.45, 7) is 0.760. The lowest BCUT2D eigenvalue weighted by atomic mass is 10.1. The SMILES string of the molecule is Oc1ccc(O)c(N2CC(c3ccccc3O)=NN(c3ccccc3)C2)c1. The lowest BCUT2D eigenvalue weighted by Gasteiger charge is -2.36. The molecule has 0 atom stereocenters. The zero-order chi connectivity index (χ0) is 18.8. The summed E-state index contributed by atoms with van der Waals surface area (Å²) in [4.78, 5) is 1.90. The molecule has 0 saturated carbocycles. The smallest absolute Gasteiger partial charge is 0.139 e. The third-order valence-electron chi connectivity index (χ3n) is 4.46. The number of anilines is 2. The topological polar surface area (TPSA) is 79.5 Å². The first-order chi connectivity index (χ1) is 13.1. The lowest BCUT2D eigenvalue weighted by molar-refractivity contribution is 0.459. The first-order valence-electron chi connectivity index (χ1n) is 8.57. The van der Waals surface area contributed by atoms with Crippen LogP contribution in [0.2, 0.25) is 0 Å². The van der Waals surface area contributed by atoms with Crippen molar-refractivity contribution in [3.63, 3.8) is 0 Å². The van der Waals surface area contributed by atoms with Crippen LogP contribution < -0.4 is 9.91 Å². The Morgan fingerprint density at radius 3 is 2.30 bits per heavy atom. The van der Waals surface area contributed by atoms with Crippen molar-refractivity contribution in [3.05, 3.63) is 78.4 Å². The Balaban J connectivity index is 1.79. The van der Waals surface area contributed by atoms with E-state index in [1.165, 1.54) is 18.2 Å². The number of hydrogen-bond donors (Lipinski definition) is 3. The predicted molar refractivity (Wildman–Crippen MR) is 106 cm³/mol. The molecule has 0 fully saturated rings. The fraction of sp³-hybridized carbons (Fsp3) is 0.0952. The van der Waals surface area contributed by atoms with E-state index in [0.717, 1.165) is 5.69 Å². The minimum absolute atomic E-state index is 0.0688. The highest BCUT2D eigenvalue weighted by atomic mass is 16.3. The van der Waals surface area contributed by atoms with E-state index in [1.807, 2.05) is 47.4 Å². The van der Waals surface area contributed by atoms with Crippen LogP contribution in [-0.4, -0.2) is 34.2 Å². The van der Waals surface area contributed by atoms with Crippen molar-refractivity contribution < 1.29 is 15.3 Å². The molecule has 0 aromatic heterocycles. The first-order valence-corrected chi connectivity index (χ1v) is 8.57. The number of rotatable bonds is 3. The van der Waals surface area contributed by atoms with Crippen LogP contribution in [-0.2, 0) is 0 Å². The van der Waals surface area contributed by atoms with Crippen LogP contribution in [0, 0.1) is 0 Å². The van der Waals surface area contributed by atoms with E-state index in [9.17, 15) is 15.3 Å². The second-order valence-electron chi connectivity index (χ2n) is 6.31. The van der Waals surface area contributed by atoms with Gasteiger partial charge >= 0.3 is 0 Å². The molecule has 0 unspecified atom stereocenters. The molecular formula is C21H19N3O3. The zero-order valence-corrected chi connectivity index (χ0v) is 14.5. The van der Waals surface area contributed by atoms with Crippen molar-refractivity contribution in [2.75, 3.05) is 23.1 Å². The number of benzene rings is 3. The van der Waals surface area contributed by atoms with Gasteiger partial charge in [-0.05, 0) is 36.4 Å². The van der Waals surface area contributed by atoms with Crippen molar-refractivity contribution >= 4 is 17.1 Å². The number of hydrogen-bond acceptors (Lipinski definition) is 6. The number of hydrazone groups is 1. The zero-order valence-electron chi connectivity index (χ0n) is 14.5. The van der Waals surface area contributed by atoms with Crippen molar-refractivity contribution in [1.82, 2.24) is 0 Å². The van der Waals surface area contributed by atoms with E-state index >= 15 is 0 Å². The van der Waals surface area contributed by atoms with Gasteiger partial charge in [0.2, 0.25) is 0 Å². The molecule has 0 aliphatic carbocycles. The van der Waals surface area contributed by atoms with Gasteiger partial charge in [0, 0.05) is 11.6 Å². The summed E-state index contributed by atoms with van der Waals surface area (Å²) in [6.07, 6.45) is 0. The summed E-state index contributed by atoms with van der Waals surface area (Å²) >= 11 is 0. The number of aromatic hydroxyl groups is 3. The molecular weight excluding hydrogens is 342 g/mol. The van der Waals surface area contributed by atoms with Gasteiger partial charge in [-0.3, -0.25) is 0 Å². The van der Waals surface area contributed by atoms with Gasteiger partial charge in [-0.1, -0.05) is 30.3 Å². The van der Waals surface area contributed by atoms with E-state index in [0.29, 0.717) is 30.2 Å². The second kappa shape index (κ2) is 6.92. The summed E-state index contributed by atoms with van der Waals surface area (Å²) < 4.78 is 0. The monoisotopic (exact) mass is 361 g/mol. The quantitative estimate of drug-likeness (QED) is 0.622. The number of nitrogens with zero attached hydrogens (tertiary/aromatic N) is 3. The van der Waals surface area contributed by atoms with E-state index in [-0.39, 0.29) is 17.2 Å². The van der Waals surface area contributed by atoms with Gasteiger partial charge in [0.05, 0.1) is 23.6 Å². The number of phenols is 3. The Labute approximate surface area is 156 Å². The predicted octanol–water partition coefficient (Wildman–Crippen LogP) is 3.49. The average Bonchev–Trinajstić information content (AvgIpc) is 2.70. The summed E-state index contributed by atoms with van der Waals surface area (Å²) in [7, 11) is 0. The standard InChI is InChI=1S/C21H19N3O3/c25-16-10-11-21(27)19(12-16)23-13-18(17-8-4-5-9-20(17)26)22-24(14-23)15-6-2-1-3-7-15/h1-12,25-27H,13-14H2. The molecule has 0 saturated heterocycles. The molecule has 6 nitrogen and oxygen atoms in total. The number of para-hydroxylation sites is 2. The summed E-state index contributed by atoms with van der Waals surface area (Å²) in [5.41, 5.74) is 2.67. The van der Waals surface area contributed by atoms with Crippen molar-refractivity contribution in [2.45, 2.75) is 0 Å². The van der Waals surface area contributed by atoms with E-state index in [4.69, 9.17) is 5.10 Å². The van der Waals surface area contributed by atoms with Gasteiger partial charge in [0.15, 0.2) is 0 Å². The molecule has 1 aliphatic heterocycles. The molecule has 0 amide bonds. The Morgan fingerprint density at radius 2 is 1.52 bits per heavy atom. The highest BCUT2D eigenvalue weighted by Crippen LogP contribution is 2.33. The van der Waals surface area contributed by atoms with Crippen LogP contribution in [0.25, 0.3) is 0 Å². The van der Waals surface area contributed by atoms with Crippen LogP contribution >= 0.6 is 0 Å². The average molecular weight is 361 g/mol. The van der Waals surface area contributed by atoms with Gasteiger partial charge in [0.1, 0.15) is 23.9 Å². The maximum Gasteiger partial charge on any atom is 0.139 e. The Kier molecular flexibility index (Phi) is 4.30. The first kappa shape index (κ1) is 16.8. The Hall–Kier alpha value is -3.67. The fourth-order valence-electron chi connectivity index (χ4n) is 3.12. The van der Waals surface area contributed by atoms with E-state index < -0.39 is 0 Å².